The van der Waals surface area contributed by atoms with E-state index in [0.717, 1.165) is 0 Å². The Labute approximate surface area is 188 Å². The summed E-state index contributed by atoms with van der Waals surface area (Å²) in [6, 6.07) is 14.1. The first kappa shape index (κ1) is 20.7. The average Bonchev–Trinajstić information content (AvgIpc) is 3.53. The molecule has 4 aromatic rings. The van der Waals surface area contributed by atoms with Gasteiger partial charge in [0.05, 0.1) is 18.3 Å². The fourth-order valence-electron chi connectivity index (χ4n) is 4.09. The third kappa shape index (κ3) is 3.23. The fourth-order valence-corrected chi connectivity index (χ4v) is 4.09. The lowest BCUT2D eigenvalue weighted by Gasteiger charge is -2.16. The van der Waals surface area contributed by atoms with E-state index in [9.17, 15) is 14.7 Å². The van der Waals surface area contributed by atoms with Crippen molar-refractivity contribution in [1.29, 1.82) is 0 Å². The molecule has 3 N–H and O–H groups in total. The third-order valence-corrected chi connectivity index (χ3v) is 5.93. The second-order valence-corrected chi connectivity index (χ2v) is 7.97. The number of rotatable bonds is 5. The molecule has 2 aromatic carbocycles. The second kappa shape index (κ2) is 7.45. The van der Waals surface area contributed by atoms with Gasteiger partial charge in [-0.3, -0.25) is 9.59 Å². The van der Waals surface area contributed by atoms with Crippen molar-refractivity contribution in [2.24, 2.45) is 5.73 Å². The summed E-state index contributed by atoms with van der Waals surface area (Å²) >= 11 is 0. The molecule has 33 heavy (non-hydrogen) atoms. The molecule has 2 amide bonds. The Kier molecular flexibility index (Phi) is 4.68. The number of fused-ring (bicyclic) bond motifs is 1. The van der Waals surface area contributed by atoms with Crippen LogP contribution in [0.2, 0.25) is 0 Å². The molecule has 10 heteroatoms. The number of aliphatic hydroxyl groups is 1. The Morgan fingerprint density at radius 3 is 2.76 bits per heavy atom. The van der Waals surface area contributed by atoms with E-state index in [2.05, 4.69) is 10.3 Å². The van der Waals surface area contributed by atoms with E-state index in [1.165, 1.54) is 4.90 Å². The molecule has 0 spiro atoms. The number of primary amides is 1. The summed E-state index contributed by atoms with van der Waals surface area (Å²) in [7, 11) is 3.17. The van der Waals surface area contributed by atoms with E-state index in [0.29, 0.717) is 40.1 Å². The molecule has 0 aliphatic carbocycles. The number of benzene rings is 2. The van der Waals surface area contributed by atoms with Gasteiger partial charge in [-0.2, -0.15) is 5.10 Å². The van der Waals surface area contributed by atoms with Crippen molar-refractivity contribution >= 4 is 22.7 Å². The fraction of sp³-hybridized carbons (Fsp3) is 0.217. The molecule has 0 bridgehead atoms. The number of carbonyl (C=O) groups excluding carboxylic acids is 2. The zero-order valence-electron chi connectivity index (χ0n) is 18.0. The molecule has 1 atom stereocenters. The SMILES string of the molecule is COc1ccc2c(c1)c(C(N)=O)nn2-c1cccc(-c2cc([C@]3(O)CCN(C)C3=O)on2)c1. The number of hydrogen-bond donors (Lipinski definition) is 2. The standard InChI is InChI=1S/C23H21N5O5/c1-27-9-8-23(31,22(27)30)19-12-17(26-33-19)13-4-3-5-14(10-13)28-18-7-6-15(32-2)11-16(18)20(25-28)21(24)29/h3-7,10-12,31H,8-9H2,1-2H3,(H2,24,29)/t23-/m1/s1. The third-order valence-electron chi connectivity index (χ3n) is 5.93. The van der Waals surface area contributed by atoms with E-state index in [1.54, 1.807) is 43.1 Å². The van der Waals surface area contributed by atoms with Gasteiger partial charge in [-0.1, -0.05) is 17.3 Å². The van der Waals surface area contributed by atoms with E-state index < -0.39 is 17.4 Å². The van der Waals surface area contributed by atoms with Crippen LogP contribution >= 0.6 is 0 Å². The van der Waals surface area contributed by atoms with Crippen LogP contribution in [-0.2, 0) is 10.4 Å². The zero-order valence-corrected chi connectivity index (χ0v) is 18.0. The maximum absolute atomic E-state index is 12.4. The number of likely N-dealkylation sites (tertiary alicyclic amines) is 1. The first-order chi connectivity index (χ1) is 15.8. The van der Waals surface area contributed by atoms with Crippen molar-refractivity contribution in [3.63, 3.8) is 0 Å². The van der Waals surface area contributed by atoms with E-state index in [-0.39, 0.29) is 17.9 Å². The number of carbonyl (C=O) groups is 2. The number of amides is 2. The van der Waals surface area contributed by atoms with Gasteiger partial charge in [-0.15, -0.1) is 0 Å². The maximum Gasteiger partial charge on any atom is 0.269 e. The highest BCUT2D eigenvalue weighted by atomic mass is 16.5. The van der Waals surface area contributed by atoms with Gasteiger partial charge >= 0.3 is 0 Å². The smallest absolute Gasteiger partial charge is 0.269 e. The predicted molar refractivity (Wildman–Crippen MR) is 118 cm³/mol. The quantitative estimate of drug-likeness (QED) is 0.476. The van der Waals surface area contributed by atoms with E-state index >= 15 is 0 Å². The minimum Gasteiger partial charge on any atom is -0.497 e. The molecule has 1 saturated heterocycles. The Balaban J connectivity index is 1.57. The van der Waals surface area contributed by atoms with Gasteiger partial charge < -0.3 is 25.0 Å². The van der Waals surface area contributed by atoms with Gasteiger partial charge in [0.15, 0.2) is 11.5 Å². The van der Waals surface area contributed by atoms with Crippen LogP contribution in [0.25, 0.3) is 27.8 Å². The van der Waals surface area contributed by atoms with Crippen LogP contribution in [0, 0.1) is 0 Å². The Morgan fingerprint density at radius 2 is 2.06 bits per heavy atom. The van der Waals surface area contributed by atoms with Crippen LogP contribution in [0.4, 0.5) is 0 Å². The minimum absolute atomic E-state index is 0.102. The number of aromatic nitrogens is 3. The topological polar surface area (TPSA) is 137 Å². The molecule has 0 saturated carbocycles. The Bertz CT molecular complexity index is 1410. The van der Waals surface area contributed by atoms with Gasteiger partial charge in [-0.05, 0) is 30.3 Å². The van der Waals surface area contributed by atoms with Crippen LogP contribution < -0.4 is 10.5 Å². The molecule has 0 unspecified atom stereocenters. The van der Waals surface area contributed by atoms with Crippen molar-refractivity contribution in [1.82, 2.24) is 19.8 Å². The van der Waals surface area contributed by atoms with Crippen molar-refractivity contribution in [3.8, 4) is 22.7 Å². The van der Waals surface area contributed by atoms with Gasteiger partial charge in [-0.25, -0.2) is 4.68 Å². The van der Waals surface area contributed by atoms with Gasteiger partial charge in [0.1, 0.15) is 11.4 Å². The van der Waals surface area contributed by atoms with Crippen LogP contribution in [0.5, 0.6) is 5.75 Å². The van der Waals surface area contributed by atoms with Gasteiger partial charge in [0.25, 0.3) is 11.8 Å². The van der Waals surface area contributed by atoms with Crippen molar-refractivity contribution in [2.75, 3.05) is 20.7 Å². The largest absolute Gasteiger partial charge is 0.497 e. The molecule has 1 aliphatic rings. The van der Waals surface area contributed by atoms with Crippen LogP contribution in [-0.4, -0.2) is 57.5 Å². The summed E-state index contributed by atoms with van der Waals surface area (Å²) in [5.74, 6) is -0.386. The summed E-state index contributed by atoms with van der Waals surface area (Å²) < 4.78 is 12.2. The van der Waals surface area contributed by atoms with Crippen LogP contribution in [0.3, 0.4) is 0 Å². The lowest BCUT2D eigenvalue weighted by Crippen LogP contribution is -2.35. The number of nitrogens with zero attached hydrogens (tertiary/aromatic N) is 4. The molecule has 10 nitrogen and oxygen atoms in total. The Hall–Kier alpha value is -4.18. The van der Waals surface area contributed by atoms with Gasteiger partial charge in [0, 0.05) is 37.0 Å². The molecule has 3 heterocycles. The summed E-state index contributed by atoms with van der Waals surface area (Å²) in [5, 5.41) is 19.9. The highest BCUT2D eigenvalue weighted by molar-refractivity contribution is 6.04. The molecule has 5 rings (SSSR count). The summed E-state index contributed by atoms with van der Waals surface area (Å²) in [6.07, 6.45) is 0.232. The monoisotopic (exact) mass is 447 g/mol. The summed E-state index contributed by atoms with van der Waals surface area (Å²) in [6.45, 7) is 0.431. The highest BCUT2D eigenvalue weighted by Gasteiger charge is 2.48. The second-order valence-electron chi connectivity index (χ2n) is 7.97. The number of ether oxygens (including phenoxy) is 1. The lowest BCUT2D eigenvalue weighted by atomic mass is 9.98. The number of methoxy groups -OCH3 is 1. The molecule has 168 valence electrons. The first-order valence-corrected chi connectivity index (χ1v) is 10.2. The molecular weight excluding hydrogens is 426 g/mol. The van der Waals surface area contributed by atoms with Gasteiger partial charge in [0.2, 0.25) is 5.60 Å². The first-order valence-electron chi connectivity index (χ1n) is 10.2. The molecule has 1 aliphatic heterocycles. The average molecular weight is 447 g/mol. The number of nitrogens with two attached hydrogens (primary N) is 1. The van der Waals surface area contributed by atoms with Crippen molar-refractivity contribution in [3.05, 3.63) is 60.0 Å². The van der Waals surface area contributed by atoms with Crippen molar-refractivity contribution in [2.45, 2.75) is 12.0 Å². The lowest BCUT2D eigenvalue weighted by molar-refractivity contribution is -0.144. The number of hydrogen-bond acceptors (Lipinski definition) is 7. The molecule has 0 radical (unpaired) electrons. The van der Waals surface area contributed by atoms with Crippen LogP contribution in [0.15, 0.2) is 53.1 Å². The predicted octanol–water partition coefficient (Wildman–Crippen LogP) is 1.84. The highest BCUT2D eigenvalue weighted by Crippen LogP contribution is 2.35. The molecular formula is C23H21N5O5. The number of likely N-dealkylation sites (N-methyl/N-ethyl adjacent to an activating group) is 1. The van der Waals surface area contributed by atoms with Crippen LogP contribution in [0.1, 0.15) is 22.7 Å². The molecule has 1 fully saturated rings. The van der Waals surface area contributed by atoms with Crippen molar-refractivity contribution < 1.29 is 24.0 Å². The van der Waals surface area contributed by atoms with E-state index in [4.69, 9.17) is 15.0 Å². The normalized spacial score (nSPS) is 18.3. The summed E-state index contributed by atoms with van der Waals surface area (Å²) in [4.78, 5) is 25.8. The van der Waals surface area contributed by atoms with E-state index in [1.807, 2.05) is 24.3 Å². The Morgan fingerprint density at radius 1 is 1.24 bits per heavy atom. The summed E-state index contributed by atoms with van der Waals surface area (Å²) in [5.41, 5.74) is 6.44. The zero-order chi connectivity index (χ0) is 23.3. The maximum atomic E-state index is 12.4. The minimum atomic E-state index is -1.72. The molecule has 2 aromatic heterocycles.